The summed E-state index contributed by atoms with van der Waals surface area (Å²) in [6.07, 6.45) is 1.07. The van der Waals surface area contributed by atoms with E-state index >= 15 is 0 Å². The second kappa shape index (κ2) is 9.98. The van der Waals surface area contributed by atoms with Crippen LogP contribution in [0.1, 0.15) is 36.2 Å². The molecule has 2 aromatic carbocycles. The van der Waals surface area contributed by atoms with Gasteiger partial charge in [0.2, 0.25) is 6.79 Å². The number of benzene rings is 2. The van der Waals surface area contributed by atoms with Crippen molar-refractivity contribution in [3.05, 3.63) is 57.6 Å². The zero-order valence-corrected chi connectivity index (χ0v) is 19.1. The van der Waals surface area contributed by atoms with Gasteiger partial charge in [0, 0.05) is 25.7 Å². The van der Waals surface area contributed by atoms with Gasteiger partial charge >= 0.3 is 5.97 Å². The van der Waals surface area contributed by atoms with Crippen LogP contribution in [-0.4, -0.2) is 43.3 Å². The van der Waals surface area contributed by atoms with Crippen molar-refractivity contribution in [3.63, 3.8) is 0 Å². The van der Waals surface area contributed by atoms with E-state index in [4.69, 9.17) is 14.2 Å². The van der Waals surface area contributed by atoms with E-state index in [9.17, 15) is 19.7 Å². The number of carbonyl (C=O) groups is 2. The van der Waals surface area contributed by atoms with Crippen molar-refractivity contribution < 1.29 is 28.7 Å². The van der Waals surface area contributed by atoms with Crippen LogP contribution >= 0.6 is 0 Å². The van der Waals surface area contributed by atoms with E-state index in [-0.39, 0.29) is 24.6 Å². The standard InChI is InChI=1S/C24H27N3O7/c1-15-7-16(2)12-26(11-15)19-5-4-18(9-20(19)27(30)31)24(29)32-13-23(28)25-10-17-3-6-21-22(8-17)34-14-33-21/h3-6,8-9,15-16H,7,10-14H2,1-2H3,(H,25,28). The van der Waals surface area contributed by atoms with E-state index < -0.39 is 23.4 Å². The first kappa shape index (κ1) is 23.3. The third-order valence-electron chi connectivity index (χ3n) is 5.88. The van der Waals surface area contributed by atoms with E-state index in [1.807, 2.05) is 4.90 Å². The molecule has 180 valence electrons. The molecule has 0 aromatic heterocycles. The van der Waals surface area contributed by atoms with Gasteiger partial charge in [-0.2, -0.15) is 0 Å². The summed E-state index contributed by atoms with van der Waals surface area (Å²) >= 11 is 0. The SMILES string of the molecule is CC1CC(C)CN(c2ccc(C(=O)OCC(=O)NCc3ccc4c(c3)OCO4)cc2[N+](=O)[O-])C1. The molecule has 2 aliphatic rings. The fourth-order valence-electron chi connectivity index (χ4n) is 4.44. The van der Waals surface area contributed by atoms with Crippen molar-refractivity contribution in [1.29, 1.82) is 0 Å². The topological polar surface area (TPSA) is 120 Å². The Morgan fingerprint density at radius 2 is 1.85 bits per heavy atom. The first-order chi connectivity index (χ1) is 16.3. The molecule has 1 N–H and O–H groups in total. The molecule has 34 heavy (non-hydrogen) atoms. The molecular formula is C24H27N3O7. The van der Waals surface area contributed by atoms with E-state index in [0.717, 1.165) is 25.1 Å². The zero-order chi connectivity index (χ0) is 24.2. The molecule has 1 saturated heterocycles. The van der Waals surface area contributed by atoms with Crippen molar-refractivity contribution in [1.82, 2.24) is 5.32 Å². The lowest BCUT2D eigenvalue weighted by Crippen LogP contribution is -2.39. The zero-order valence-electron chi connectivity index (χ0n) is 19.1. The number of ether oxygens (including phenoxy) is 3. The number of nitro benzene ring substituents is 1. The van der Waals surface area contributed by atoms with Crippen LogP contribution in [0.25, 0.3) is 0 Å². The van der Waals surface area contributed by atoms with Crippen LogP contribution in [0, 0.1) is 22.0 Å². The Kier molecular flexibility index (Phi) is 6.85. The van der Waals surface area contributed by atoms with Crippen LogP contribution in [0.15, 0.2) is 36.4 Å². The average molecular weight is 469 g/mol. The summed E-state index contributed by atoms with van der Waals surface area (Å²) in [6.45, 7) is 5.57. The Balaban J connectivity index is 1.34. The Labute approximate surface area is 196 Å². The molecule has 0 radical (unpaired) electrons. The Bertz CT molecular complexity index is 1090. The number of rotatable bonds is 7. The minimum absolute atomic E-state index is 0.0251. The molecule has 0 saturated carbocycles. The summed E-state index contributed by atoms with van der Waals surface area (Å²) in [6, 6.07) is 9.61. The molecule has 1 fully saturated rings. The van der Waals surface area contributed by atoms with Gasteiger partial charge in [0.05, 0.1) is 10.5 Å². The third kappa shape index (κ3) is 5.38. The fraction of sp³-hybridized carbons (Fsp3) is 0.417. The molecule has 0 aliphatic carbocycles. The molecule has 4 rings (SSSR count). The second-order valence-electron chi connectivity index (χ2n) is 8.85. The Hall–Kier alpha value is -3.82. The predicted molar refractivity (Wildman–Crippen MR) is 123 cm³/mol. The molecule has 2 aromatic rings. The van der Waals surface area contributed by atoms with Crippen molar-refractivity contribution in [2.75, 3.05) is 31.4 Å². The molecule has 2 aliphatic heterocycles. The molecule has 2 atom stereocenters. The molecule has 2 unspecified atom stereocenters. The number of fused-ring (bicyclic) bond motifs is 1. The number of nitrogens with one attached hydrogen (secondary N) is 1. The monoisotopic (exact) mass is 469 g/mol. The quantitative estimate of drug-likeness (QED) is 0.373. The highest BCUT2D eigenvalue weighted by Gasteiger charge is 2.28. The van der Waals surface area contributed by atoms with Gasteiger partial charge in [0.15, 0.2) is 18.1 Å². The highest BCUT2D eigenvalue weighted by Crippen LogP contribution is 2.34. The number of piperidine rings is 1. The second-order valence-corrected chi connectivity index (χ2v) is 8.85. The van der Waals surface area contributed by atoms with Crippen LogP contribution < -0.4 is 19.7 Å². The van der Waals surface area contributed by atoms with Gasteiger partial charge in [0.1, 0.15) is 5.69 Å². The molecular weight excluding hydrogens is 442 g/mol. The van der Waals surface area contributed by atoms with Gasteiger partial charge in [0.25, 0.3) is 11.6 Å². The van der Waals surface area contributed by atoms with Gasteiger partial charge in [-0.15, -0.1) is 0 Å². The summed E-state index contributed by atoms with van der Waals surface area (Å²) in [5, 5.41) is 14.4. The maximum Gasteiger partial charge on any atom is 0.338 e. The lowest BCUT2D eigenvalue weighted by molar-refractivity contribution is -0.384. The van der Waals surface area contributed by atoms with Crippen molar-refractivity contribution >= 4 is 23.3 Å². The number of hydrogen-bond acceptors (Lipinski definition) is 8. The lowest BCUT2D eigenvalue weighted by atomic mass is 9.91. The van der Waals surface area contributed by atoms with Crippen LogP contribution in [0.2, 0.25) is 0 Å². The van der Waals surface area contributed by atoms with Gasteiger partial charge in [-0.3, -0.25) is 14.9 Å². The van der Waals surface area contributed by atoms with Crippen LogP contribution in [0.5, 0.6) is 11.5 Å². The number of amides is 1. The van der Waals surface area contributed by atoms with Crippen molar-refractivity contribution in [3.8, 4) is 11.5 Å². The number of anilines is 1. The normalized spacial score (nSPS) is 18.9. The molecule has 1 amide bonds. The highest BCUT2D eigenvalue weighted by molar-refractivity contribution is 5.93. The van der Waals surface area contributed by atoms with Crippen LogP contribution in [0.4, 0.5) is 11.4 Å². The molecule has 10 nitrogen and oxygen atoms in total. The predicted octanol–water partition coefficient (Wildman–Crippen LogP) is 3.28. The average Bonchev–Trinajstić information content (AvgIpc) is 3.28. The first-order valence-corrected chi connectivity index (χ1v) is 11.2. The van der Waals surface area contributed by atoms with E-state index in [1.54, 1.807) is 24.3 Å². The Morgan fingerprint density at radius 1 is 1.12 bits per heavy atom. The minimum Gasteiger partial charge on any atom is -0.454 e. The first-order valence-electron chi connectivity index (χ1n) is 11.2. The number of nitrogens with zero attached hydrogens (tertiary/aromatic N) is 2. The third-order valence-corrected chi connectivity index (χ3v) is 5.88. The molecule has 10 heteroatoms. The smallest absolute Gasteiger partial charge is 0.338 e. The highest BCUT2D eigenvalue weighted by atomic mass is 16.7. The number of nitro groups is 1. The molecule has 0 spiro atoms. The molecule has 2 heterocycles. The fourth-order valence-corrected chi connectivity index (χ4v) is 4.44. The van der Waals surface area contributed by atoms with Crippen LogP contribution in [-0.2, 0) is 16.1 Å². The summed E-state index contributed by atoms with van der Waals surface area (Å²) in [5.74, 6) is 0.806. The summed E-state index contributed by atoms with van der Waals surface area (Å²) in [7, 11) is 0. The number of hydrogen-bond donors (Lipinski definition) is 1. The number of carbonyl (C=O) groups excluding carboxylic acids is 2. The maximum absolute atomic E-state index is 12.4. The molecule has 0 bridgehead atoms. The van der Waals surface area contributed by atoms with Crippen molar-refractivity contribution in [2.24, 2.45) is 11.8 Å². The van der Waals surface area contributed by atoms with Gasteiger partial charge in [-0.1, -0.05) is 19.9 Å². The largest absolute Gasteiger partial charge is 0.454 e. The summed E-state index contributed by atoms with van der Waals surface area (Å²) < 4.78 is 15.6. The maximum atomic E-state index is 12.4. The van der Waals surface area contributed by atoms with Crippen molar-refractivity contribution in [2.45, 2.75) is 26.8 Å². The van der Waals surface area contributed by atoms with E-state index in [1.165, 1.54) is 12.1 Å². The van der Waals surface area contributed by atoms with Crippen LogP contribution in [0.3, 0.4) is 0 Å². The minimum atomic E-state index is -0.798. The number of esters is 1. The summed E-state index contributed by atoms with van der Waals surface area (Å²) in [4.78, 5) is 37.8. The van der Waals surface area contributed by atoms with E-state index in [2.05, 4.69) is 19.2 Å². The Morgan fingerprint density at radius 3 is 2.59 bits per heavy atom. The van der Waals surface area contributed by atoms with Gasteiger partial charge in [-0.25, -0.2) is 4.79 Å². The van der Waals surface area contributed by atoms with E-state index in [0.29, 0.717) is 29.0 Å². The lowest BCUT2D eigenvalue weighted by Gasteiger charge is -2.36. The summed E-state index contributed by atoms with van der Waals surface area (Å²) in [5.41, 5.74) is 1.16. The van der Waals surface area contributed by atoms with Gasteiger partial charge < -0.3 is 24.4 Å². The van der Waals surface area contributed by atoms with Gasteiger partial charge in [-0.05, 0) is 48.1 Å².